The molecular formula is C19H26N4O2S. The number of H-pyrrole nitrogens is 1. The molecule has 0 saturated carbocycles. The molecule has 0 radical (unpaired) electrons. The summed E-state index contributed by atoms with van der Waals surface area (Å²) in [6.45, 7) is 3.60. The van der Waals surface area contributed by atoms with Gasteiger partial charge in [0.1, 0.15) is 0 Å². The summed E-state index contributed by atoms with van der Waals surface area (Å²) in [7, 11) is 3.66. The lowest BCUT2D eigenvalue weighted by molar-refractivity contribution is -0.156. The van der Waals surface area contributed by atoms with Crippen LogP contribution in [0, 0.1) is 5.41 Å². The summed E-state index contributed by atoms with van der Waals surface area (Å²) in [5, 5.41) is 7.04. The zero-order valence-electron chi connectivity index (χ0n) is 15.4. The lowest BCUT2D eigenvalue weighted by Crippen LogP contribution is -2.56. The first-order valence-corrected chi connectivity index (χ1v) is 10.0. The van der Waals surface area contributed by atoms with Crippen LogP contribution >= 0.6 is 11.3 Å². The van der Waals surface area contributed by atoms with Crippen molar-refractivity contribution in [3.8, 4) is 10.6 Å². The number of carbonyl (C=O) groups excluding carboxylic acids is 1. The number of thiophene rings is 1. The third-order valence-electron chi connectivity index (χ3n) is 5.85. The van der Waals surface area contributed by atoms with Gasteiger partial charge >= 0.3 is 0 Å². The average Bonchev–Trinajstić information content (AvgIpc) is 3.33. The Kier molecular flexibility index (Phi) is 4.86. The number of hydrogen-bond donors (Lipinski definition) is 1. The number of likely N-dealkylation sites (N-methyl/N-ethyl adjacent to an activating group) is 1. The standard InChI is InChI=1S/C19H26N4O2S/c1-22-12-14(25-2)11-19(18(22)24)6-9-23(10-7-19)13-15-3-4-17(26-15)16-5-8-20-21-16/h3-5,8,14H,6-7,9-13H2,1-2H3,(H,20,21). The van der Waals surface area contributed by atoms with Gasteiger partial charge in [-0.05, 0) is 50.6 Å². The maximum Gasteiger partial charge on any atom is 0.228 e. The predicted octanol–water partition coefficient (Wildman–Crippen LogP) is 2.60. The van der Waals surface area contributed by atoms with Gasteiger partial charge in [0.15, 0.2) is 0 Å². The number of amides is 1. The van der Waals surface area contributed by atoms with E-state index in [0.717, 1.165) is 44.6 Å². The molecular weight excluding hydrogens is 348 g/mol. The van der Waals surface area contributed by atoms with Crippen LogP contribution in [0.15, 0.2) is 24.4 Å². The quantitative estimate of drug-likeness (QED) is 0.894. The fraction of sp³-hybridized carbons (Fsp3) is 0.579. The number of likely N-dealkylation sites (tertiary alicyclic amines) is 2. The Morgan fingerprint density at radius 2 is 2.15 bits per heavy atom. The van der Waals surface area contributed by atoms with Crippen LogP contribution in [0.5, 0.6) is 0 Å². The molecule has 140 valence electrons. The molecule has 7 heteroatoms. The number of aromatic nitrogens is 2. The Morgan fingerprint density at radius 3 is 2.85 bits per heavy atom. The number of nitrogens with one attached hydrogen (secondary N) is 1. The zero-order chi connectivity index (χ0) is 18.1. The Balaban J connectivity index is 1.38. The lowest BCUT2D eigenvalue weighted by atomic mass is 9.71. The van der Waals surface area contributed by atoms with Gasteiger partial charge in [0, 0.05) is 38.3 Å². The molecule has 6 nitrogen and oxygen atoms in total. The highest BCUT2D eigenvalue weighted by Gasteiger charge is 2.47. The molecule has 0 aliphatic carbocycles. The van der Waals surface area contributed by atoms with Crippen LogP contribution in [0.3, 0.4) is 0 Å². The van der Waals surface area contributed by atoms with Crippen LogP contribution < -0.4 is 0 Å². The summed E-state index contributed by atoms with van der Waals surface area (Å²) in [5.74, 6) is 0.308. The van der Waals surface area contributed by atoms with E-state index in [0.29, 0.717) is 12.5 Å². The summed E-state index contributed by atoms with van der Waals surface area (Å²) >= 11 is 1.81. The molecule has 2 aromatic rings. The molecule has 1 spiro atoms. The number of aromatic amines is 1. The van der Waals surface area contributed by atoms with E-state index >= 15 is 0 Å². The minimum absolute atomic E-state index is 0.165. The van der Waals surface area contributed by atoms with Crippen LogP contribution in [0.1, 0.15) is 24.1 Å². The van der Waals surface area contributed by atoms with E-state index in [1.54, 1.807) is 13.3 Å². The first kappa shape index (κ1) is 17.7. The van der Waals surface area contributed by atoms with Crippen LogP contribution in [0.2, 0.25) is 0 Å². The number of rotatable bonds is 4. The number of carbonyl (C=O) groups is 1. The molecule has 2 saturated heterocycles. The second-order valence-corrected chi connectivity index (χ2v) is 8.71. The van der Waals surface area contributed by atoms with Crippen molar-refractivity contribution in [1.29, 1.82) is 0 Å². The predicted molar refractivity (Wildman–Crippen MR) is 102 cm³/mol. The molecule has 2 aliphatic heterocycles. The molecule has 2 aliphatic rings. The summed E-state index contributed by atoms with van der Waals surface area (Å²) < 4.78 is 5.58. The number of methoxy groups -OCH3 is 1. The van der Waals surface area contributed by atoms with Crippen molar-refractivity contribution >= 4 is 17.2 Å². The van der Waals surface area contributed by atoms with Gasteiger partial charge in [0.05, 0.1) is 22.1 Å². The highest BCUT2D eigenvalue weighted by molar-refractivity contribution is 7.15. The SMILES string of the molecule is COC1CN(C)C(=O)C2(CCN(Cc3ccc(-c4ccn[nH]4)s3)CC2)C1. The summed E-state index contributed by atoms with van der Waals surface area (Å²) in [6.07, 6.45) is 4.66. The maximum absolute atomic E-state index is 12.8. The molecule has 26 heavy (non-hydrogen) atoms. The molecule has 4 rings (SSSR count). The number of hydrogen-bond acceptors (Lipinski definition) is 5. The van der Waals surface area contributed by atoms with Crippen LogP contribution in [-0.4, -0.2) is 65.8 Å². The highest BCUT2D eigenvalue weighted by Crippen LogP contribution is 2.41. The second kappa shape index (κ2) is 7.13. The average molecular weight is 375 g/mol. The highest BCUT2D eigenvalue weighted by atomic mass is 32.1. The molecule has 1 N–H and O–H groups in total. The number of nitrogens with zero attached hydrogens (tertiary/aromatic N) is 3. The van der Waals surface area contributed by atoms with Crippen molar-refractivity contribution in [1.82, 2.24) is 20.0 Å². The Labute approximate surface area is 158 Å². The van der Waals surface area contributed by atoms with Gasteiger partial charge in [-0.2, -0.15) is 5.10 Å². The van der Waals surface area contributed by atoms with E-state index in [1.807, 2.05) is 29.4 Å². The minimum atomic E-state index is -0.222. The van der Waals surface area contributed by atoms with Gasteiger partial charge in [-0.15, -0.1) is 11.3 Å². The van der Waals surface area contributed by atoms with Crippen LogP contribution in [0.25, 0.3) is 10.6 Å². The van der Waals surface area contributed by atoms with Gasteiger partial charge in [0.2, 0.25) is 5.91 Å². The normalized spacial score (nSPS) is 23.7. The van der Waals surface area contributed by atoms with Crippen molar-refractivity contribution in [2.75, 3.05) is 33.8 Å². The largest absolute Gasteiger partial charge is 0.380 e. The minimum Gasteiger partial charge on any atom is -0.380 e. The topological polar surface area (TPSA) is 61.5 Å². The summed E-state index contributed by atoms with van der Waals surface area (Å²) in [6, 6.07) is 6.35. The van der Waals surface area contributed by atoms with Gasteiger partial charge in [-0.3, -0.25) is 14.8 Å². The lowest BCUT2D eigenvalue weighted by Gasteiger charge is -2.47. The summed E-state index contributed by atoms with van der Waals surface area (Å²) in [4.78, 5) is 19.7. The third kappa shape index (κ3) is 3.31. The van der Waals surface area contributed by atoms with Crippen molar-refractivity contribution in [3.63, 3.8) is 0 Å². The van der Waals surface area contributed by atoms with Crippen LogP contribution in [0.4, 0.5) is 0 Å². The van der Waals surface area contributed by atoms with Crippen LogP contribution in [-0.2, 0) is 16.1 Å². The smallest absolute Gasteiger partial charge is 0.228 e. The molecule has 2 aromatic heterocycles. The Bertz CT molecular complexity index is 749. The summed E-state index contributed by atoms with van der Waals surface area (Å²) in [5.41, 5.74) is 0.848. The third-order valence-corrected chi connectivity index (χ3v) is 6.95. The van der Waals surface area contributed by atoms with Crippen molar-refractivity contribution in [2.24, 2.45) is 5.41 Å². The molecule has 1 unspecified atom stereocenters. The van der Waals surface area contributed by atoms with Gasteiger partial charge in [0.25, 0.3) is 0 Å². The fourth-order valence-corrected chi connectivity index (χ4v) is 5.34. The molecule has 0 aromatic carbocycles. The monoisotopic (exact) mass is 374 g/mol. The van der Waals surface area contributed by atoms with E-state index in [1.165, 1.54) is 9.75 Å². The van der Waals surface area contributed by atoms with E-state index < -0.39 is 0 Å². The maximum atomic E-state index is 12.8. The van der Waals surface area contributed by atoms with Gasteiger partial charge in [-0.1, -0.05) is 0 Å². The number of piperidine rings is 2. The van der Waals surface area contributed by atoms with E-state index in [9.17, 15) is 4.79 Å². The van der Waals surface area contributed by atoms with Crippen molar-refractivity contribution in [3.05, 3.63) is 29.3 Å². The Hall–Kier alpha value is -1.70. The molecule has 1 atom stereocenters. The second-order valence-electron chi connectivity index (χ2n) is 7.54. The van der Waals surface area contributed by atoms with E-state index in [4.69, 9.17) is 4.74 Å². The zero-order valence-corrected chi connectivity index (χ0v) is 16.2. The molecule has 0 bridgehead atoms. The first-order valence-electron chi connectivity index (χ1n) is 9.19. The van der Waals surface area contributed by atoms with Crippen molar-refractivity contribution in [2.45, 2.75) is 31.9 Å². The Morgan fingerprint density at radius 1 is 1.35 bits per heavy atom. The fourth-order valence-electron chi connectivity index (χ4n) is 4.32. The molecule has 4 heterocycles. The molecule has 1 amide bonds. The van der Waals surface area contributed by atoms with E-state index in [-0.39, 0.29) is 11.5 Å². The number of ether oxygens (including phenoxy) is 1. The van der Waals surface area contributed by atoms with Crippen molar-refractivity contribution < 1.29 is 9.53 Å². The van der Waals surface area contributed by atoms with E-state index in [2.05, 4.69) is 27.2 Å². The molecule has 2 fully saturated rings. The van der Waals surface area contributed by atoms with Gasteiger partial charge in [-0.25, -0.2) is 0 Å². The van der Waals surface area contributed by atoms with Gasteiger partial charge < -0.3 is 9.64 Å². The first-order chi connectivity index (χ1) is 12.6.